The van der Waals surface area contributed by atoms with Crippen LogP contribution in [0.25, 0.3) is 0 Å². The molecule has 82 valence electrons. The first kappa shape index (κ1) is 11.1. The van der Waals surface area contributed by atoms with Crippen LogP contribution in [0.5, 0.6) is 0 Å². The number of nitrogens with one attached hydrogen (secondary N) is 2. The van der Waals surface area contributed by atoms with E-state index < -0.39 is 0 Å². The molecule has 2 N–H and O–H groups in total. The molecule has 0 amide bonds. The van der Waals surface area contributed by atoms with Crippen molar-refractivity contribution in [3.8, 4) is 0 Å². The molecule has 0 radical (unpaired) electrons. The van der Waals surface area contributed by atoms with E-state index in [1.165, 1.54) is 6.07 Å². The minimum atomic E-state index is -0.203. The monoisotopic (exact) mass is 252 g/mol. The van der Waals surface area contributed by atoms with E-state index >= 15 is 0 Å². The topological polar surface area (TPSA) is 48.6 Å². The molecular weight excluding hydrogens is 244 g/mol. The summed E-state index contributed by atoms with van der Waals surface area (Å²) in [6, 6.07) is 8.99. The zero-order valence-electron chi connectivity index (χ0n) is 8.29. The van der Waals surface area contributed by atoms with E-state index in [2.05, 4.69) is 9.97 Å². The number of H-pyrrole nitrogens is 2. The number of aromatic nitrogens is 2. The standard InChI is InChI=1S/C11H9ClN2OS/c12-9-4-2-1-3-7(9)5-8-6-10(15)14-11(16)13-8/h1-4,6H,5H2,(H2,13,14,15,16). The molecule has 1 aromatic carbocycles. The molecule has 0 saturated carbocycles. The Morgan fingerprint density at radius 2 is 2.00 bits per heavy atom. The molecule has 1 aromatic heterocycles. The van der Waals surface area contributed by atoms with E-state index in [0.29, 0.717) is 16.2 Å². The zero-order chi connectivity index (χ0) is 11.5. The third-order valence-corrected chi connectivity index (χ3v) is 2.73. The molecule has 0 bridgehead atoms. The largest absolute Gasteiger partial charge is 0.336 e. The summed E-state index contributed by atoms with van der Waals surface area (Å²) in [5.74, 6) is 0. The fourth-order valence-electron chi connectivity index (χ4n) is 1.46. The Hall–Kier alpha value is -1.39. The Bertz CT molecular complexity index is 589. The number of hydrogen-bond acceptors (Lipinski definition) is 2. The Labute approximate surface area is 102 Å². The normalized spacial score (nSPS) is 10.3. The van der Waals surface area contributed by atoms with Crippen LogP contribution in [0.15, 0.2) is 35.1 Å². The van der Waals surface area contributed by atoms with E-state index in [1.54, 1.807) is 0 Å². The van der Waals surface area contributed by atoms with Gasteiger partial charge in [0.05, 0.1) is 0 Å². The minimum absolute atomic E-state index is 0.203. The van der Waals surface area contributed by atoms with Crippen molar-refractivity contribution in [2.45, 2.75) is 6.42 Å². The molecule has 2 rings (SSSR count). The second-order valence-electron chi connectivity index (χ2n) is 3.38. The van der Waals surface area contributed by atoms with Crippen LogP contribution >= 0.6 is 23.8 Å². The summed E-state index contributed by atoms with van der Waals surface area (Å²) in [5, 5.41) is 0.683. The first-order valence-corrected chi connectivity index (χ1v) is 5.50. The van der Waals surface area contributed by atoms with Crippen molar-refractivity contribution in [1.29, 1.82) is 0 Å². The van der Waals surface area contributed by atoms with Crippen molar-refractivity contribution >= 4 is 23.8 Å². The lowest BCUT2D eigenvalue weighted by Gasteiger charge is -2.03. The van der Waals surface area contributed by atoms with Gasteiger partial charge in [-0.1, -0.05) is 29.8 Å². The second-order valence-corrected chi connectivity index (χ2v) is 4.20. The highest BCUT2D eigenvalue weighted by atomic mass is 35.5. The highest BCUT2D eigenvalue weighted by Crippen LogP contribution is 2.17. The lowest BCUT2D eigenvalue weighted by Crippen LogP contribution is -2.08. The number of aromatic amines is 2. The van der Waals surface area contributed by atoms with Gasteiger partial charge < -0.3 is 4.98 Å². The molecule has 0 unspecified atom stereocenters. The first-order valence-electron chi connectivity index (χ1n) is 4.71. The molecule has 2 aromatic rings. The molecule has 1 heterocycles. The first-order chi connectivity index (χ1) is 7.65. The molecule has 3 nitrogen and oxygen atoms in total. The number of benzene rings is 1. The van der Waals surface area contributed by atoms with Gasteiger partial charge in [0.25, 0.3) is 5.56 Å². The SMILES string of the molecule is O=c1cc(Cc2ccccc2Cl)[nH]c(=S)[nH]1. The number of rotatable bonds is 2. The van der Waals surface area contributed by atoms with Gasteiger partial charge in [0.15, 0.2) is 4.77 Å². The van der Waals surface area contributed by atoms with Gasteiger partial charge in [-0.05, 0) is 23.8 Å². The quantitative estimate of drug-likeness (QED) is 0.808. The van der Waals surface area contributed by atoms with Gasteiger partial charge in [-0.15, -0.1) is 0 Å². The van der Waals surface area contributed by atoms with Gasteiger partial charge in [0, 0.05) is 23.2 Å². The molecule has 0 fully saturated rings. The van der Waals surface area contributed by atoms with Gasteiger partial charge in [-0.25, -0.2) is 0 Å². The molecule has 0 aliphatic rings. The van der Waals surface area contributed by atoms with Crippen LogP contribution in [-0.4, -0.2) is 9.97 Å². The molecule has 0 aliphatic carbocycles. The van der Waals surface area contributed by atoms with Crippen LogP contribution < -0.4 is 5.56 Å². The fourth-order valence-corrected chi connectivity index (χ4v) is 1.90. The average Bonchev–Trinajstić information content (AvgIpc) is 2.20. The van der Waals surface area contributed by atoms with Crippen molar-refractivity contribution in [3.05, 3.63) is 61.7 Å². The van der Waals surface area contributed by atoms with E-state index in [1.807, 2.05) is 24.3 Å². The summed E-state index contributed by atoms with van der Waals surface area (Å²) >= 11 is 10.9. The van der Waals surface area contributed by atoms with Gasteiger partial charge in [0.2, 0.25) is 0 Å². The van der Waals surface area contributed by atoms with Crippen molar-refractivity contribution in [2.75, 3.05) is 0 Å². The third-order valence-electron chi connectivity index (χ3n) is 2.15. The molecule has 0 saturated heterocycles. The summed E-state index contributed by atoms with van der Waals surface area (Å²) in [6.45, 7) is 0. The smallest absolute Gasteiger partial charge is 0.251 e. The summed E-state index contributed by atoms with van der Waals surface area (Å²) in [5.41, 5.74) is 1.51. The van der Waals surface area contributed by atoms with Gasteiger partial charge in [-0.2, -0.15) is 0 Å². The van der Waals surface area contributed by atoms with Gasteiger partial charge in [-0.3, -0.25) is 9.78 Å². The van der Waals surface area contributed by atoms with Crippen LogP contribution in [0.3, 0.4) is 0 Å². The Balaban J connectivity index is 2.38. The van der Waals surface area contributed by atoms with E-state index in [0.717, 1.165) is 11.3 Å². The zero-order valence-corrected chi connectivity index (χ0v) is 9.86. The predicted molar refractivity (Wildman–Crippen MR) is 66.5 cm³/mol. The van der Waals surface area contributed by atoms with Gasteiger partial charge >= 0.3 is 0 Å². The predicted octanol–water partition coefficient (Wildman–Crippen LogP) is 2.68. The third kappa shape index (κ3) is 2.59. The lowest BCUT2D eigenvalue weighted by atomic mass is 10.1. The summed E-state index contributed by atoms with van der Waals surface area (Å²) in [4.78, 5) is 16.6. The summed E-state index contributed by atoms with van der Waals surface area (Å²) in [7, 11) is 0. The number of hydrogen-bond donors (Lipinski definition) is 2. The van der Waals surface area contributed by atoms with Crippen LogP contribution in [0.1, 0.15) is 11.3 Å². The lowest BCUT2D eigenvalue weighted by molar-refractivity contribution is 0.986. The molecule has 5 heteroatoms. The number of halogens is 1. The molecular formula is C11H9ClN2OS. The maximum Gasteiger partial charge on any atom is 0.251 e. The van der Waals surface area contributed by atoms with Crippen molar-refractivity contribution in [1.82, 2.24) is 9.97 Å². The van der Waals surface area contributed by atoms with E-state index in [4.69, 9.17) is 23.8 Å². The molecule has 0 aliphatic heterocycles. The highest BCUT2D eigenvalue weighted by Gasteiger charge is 2.01. The van der Waals surface area contributed by atoms with Crippen molar-refractivity contribution in [2.24, 2.45) is 0 Å². The Morgan fingerprint density at radius 1 is 1.25 bits per heavy atom. The van der Waals surface area contributed by atoms with Crippen LogP contribution in [0, 0.1) is 4.77 Å². The Morgan fingerprint density at radius 3 is 2.69 bits per heavy atom. The highest BCUT2D eigenvalue weighted by molar-refractivity contribution is 7.71. The second kappa shape index (κ2) is 4.63. The van der Waals surface area contributed by atoms with Crippen molar-refractivity contribution in [3.63, 3.8) is 0 Å². The maximum absolute atomic E-state index is 11.2. The molecule has 0 atom stereocenters. The van der Waals surface area contributed by atoms with Crippen LogP contribution in [0.4, 0.5) is 0 Å². The fraction of sp³-hybridized carbons (Fsp3) is 0.0909. The van der Waals surface area contributed by atoms with Crippen LogP contribution in [-0.2, 0) is 6.42 Å². The van der Waals surface area contributed by atoms with E-state index in [9.17, 15) is 4.79 Å². The molecule has 0 spiro atoms. The Kier molecular flexibility index (Phi) is 3.22. The maximum atomic E-state index is 11.2. The van der Waals surface area contributed by atoms with Crippen LogP contribution in [0.2, 0.25) is 5.02 Å². The van der Waals surface area contributed by atoms with Crippen molar-refractivity contribution < 1.29 is 0 Å². The summed E-state index contributed by atoms with van der Waals surface area (Å²) in [6.07, 6.45) is 0.563. The average molecular weight is 253 g/mol. The summed E-state index contributed by atoms with van der Waals surface area (Å²) < 4.78 is 0.328. The minimum Gasteiger partial charge on any atom is -0.336 e. The molecule has 16 heavy (non-hydrogen) atoms. The van der Waals surface area contributed by atoms with E-state index in [-0.39, 0.29) is 5.56 Å². The van der Waals surface area contributed by atoms with Gasteiger partial charge in [0.1, 0.15) is 0 Å².